The Morgan fingerprint density at radius 3 is 2.59 bits per heavy atom. The first-order chi connectivity index (χ1) is 12.9. The molecule has 1 aliphatic rings. The lowest BCUT2D eigenvalue weighted by atomic mass is 9.94. The molecule has 1 aliphatic carbocycles. The molecule has 0 bridgehead atoms. The van der Waals surface area contributed by atoms with Gasteiger partial charge in [0.25, 0.3) is 0 Å². The summed E-state index contributed by atoms with van der Waals surface area (Å²) in [5.41, 5.74) is 3.22. The van der Waals surface area contributed by atoms with E-state index in [0.717, 1.165) is 23.5 Å². The Labute approximate surface area is 163 Å². The van der Waals surface area contributed by atoms with Crippen molar-refractivity contribution in [2.75, 3.05) is 26.7 Å². The average Bonchev–Trinajstić information content (AvgIpc) is 2.94. The van der Waals surface area contributed by atoms with E-state index in [9.17, 15) is 9.59 Å². The number of carbonyl (C=O) groups is 2. The van der Waals surface area contributed by atoms with Gasteiger partial charge < -0.3 is 19.9 Å². The number of aryl methyl sites for hydroxylation is 2. The minimum absolute atomic E-state index is 0.0522. The summed E-state index contributed by atoms with van der Waals surface area (Å²) in [7, 11) is 2.16. The van der Waals surface area contributed by atoms with Crippen LogP contribution in [0.1, 0.15) is 72.8 Å². The van der Waals surface area contributed by atoms with E-state index in [4.69, 9.17) is 4.74 Å². The summed E-state index contributed by atoms with van der Waals surface area (Å²) in [5, 5.41) is 3.02. The van der Waals surface area contributed by atoms with Crippen LogP contribution in [0.4, 0.5) is 0 Å². The molecule has 0 unspecified atom stereocenters. The first-order valence-corrected chi connectivity index (χ1v) is 10.3. The van der Waals surface area contributed by atoms with Gasteiger partial charge in [-0.2, -0.15) is 0 Å². The topological polar surface area (TPSA) is 74.4 Å². The number of aromatic nitrogens is 1. The predicted molar refractivity (Wildman–Crippen MR) is 107 cm³/mol. The number of amides is 1. The van der Waals surface area contributed by atoms with Gasteiger partial charge in [0.05, 0.1) is 12.2 Å². The van der Waals surface area contributed by atoms with Gasteiger partial charge in [-0.1, -0.05) is 19.3 Å². The fourth-order valence-corrected chi connectivity index (χ4v) is 3.98. The normalized spacial score (nSPS) is 15.1. The van der Waals surface area contributed by atoms with Crippen LogP contribution in [0.3, 0.4) is 0 Å². The quantitative estimate of drug-likeness (QED) is 0.649. The van der Waals surface area contributed by atoms with Crippen molar-refractivity contribution in [3.63, 3.8) is 0 Å². The van der Waals surface area contributed by atoms with Crippen molar-refractivity contribution in [2.45, 2.75) is 71.8 Å². The molecule has 0 atom stereocenters. The van der Waals surface area contributed by atoms with E-state index < -0.39 is 0 Å². The lowest BCUT2D eigenvalue weighted by Crippen LogP contribution is -2.39. The maximum absolute atomic E-state index is 12.2. The van der Waals surface area contributed by atoms with Gasteiger partial charge in [0.1, 0.15) is 0 Å². The molecule has 1 saturated carbocycles. The summed E-state index contributed by atoms with van der Waals surface area (Å²) in [6, 6.07) is 0.668. The third kappa shape index (κ3) is 6.09. The molecule has 6 nitrogen and oxygen atoms in total. The maximum Gasteiger partial charge on any atom is 0.340 e. The molecule has 2 rings (SSSR count). The van der Waals surface area contributed by atoms with Crippen molar-refractivity contribution in [3.05, 3.63) is 22.5 Å². The van der Waals surface area contributed by atoms with Gasteiger partial charge in [-0.05, 0) is 52.6 Å². The first kappa shape index (κ1) is 21.5. The predicted octanol–water partition coefficient (Wildman–Crippen LogP) is 3.12. The van der Waals surface area contributed by atoms with E-state index in [2.05, 4.69) is 22.2 Å². The smallest absolute Gasteiger partial charge is 0.340 e. The lowest BCUT2D eigenvalue weighted by Gasteiger charge is -2.31. The molecule has 27 heavy (non-hydrogen) atoms. The summed E-state index contributed by atoms with van der Waals surface area (Å²) in [5.74, 6) is -0.249. The number of H-pyrrole nitrogens is 1. The van der Waals surface area contributed by atoms with Crippen LogP contribution >= 0.6 is 0 Å². The number of carbonyl (C=O) groups excluding carboxylic acids is 2. The summed E-state index contributed by atoms with van der Waals surface area (Å²) >= 11 is 0. The highest BCUT2D eigenvalue weighted by Crippen LogP contribution is 2.21. The Balaban J connectivity index is 1.75. The Morgan fingerprint density at radius 1 is 1.22 bits per heavy atom. The minimum atomic E-state index is -0.301. The summed E-state index contributed by atoms with van der Waals surface area (Å²) in [6.07, 6.45) is 7.56. The second kappa shape index (κ2) is 10.5. The molecule has 1 heterocycles. The molecular formula is C21H35N3O3. The van der Waals surface area contributed by atoms with Crippen molar-refractivity contribution >= 4 is 11.9 Å². The van der Waals surface area contributed by atoms with Crippen LogP contribution in [-0.4, -0.2) is 54.5 Å². The fourth-order valence-electron chi connectivity index (χ4n) is 3.98. The van der Waals surface area contributed by atoms with Crippen LogP contribution in [0.2, 0.25) is 0 Å². The zero-order valence-electron chi connectivity index (χ0n) is 17.3. The van der Waals surface area contributed by atoms with E-state index >= 15 is 0 Å². The van der Waals surface area contributed by atoms with E-state index in [1.165, 1.54) is 32.1 Å². The Bertz CT molecular complexity index is 633. The summed E-state index contributed by atoms with van der Waals surface area (Å²) in [6.45, 7) is 7.50. The standard InChI is InChI=1S/C21H35N3O3/c1-5-27-21(26)20-15(2)18(23-16(20)3)11-12-19(25)22-13-14-24(4)17-9-7-6-8-10-17/h17,23H,5-14H2,1-4H3,(H,22,25). The van der Waals surface area contributed by atoms with Crippen molar-refractivity contribution in [3.8, 4) is 0 Å². The number of hydrogen-bond acceptors (Lipinski definition) is 4. The van der Waals surface area contributed by atoms with Crippen molar-refractivity contribution in [1.82, 2.24) is 15.2 Å². The number of aromatic amines is 1. The van der Waals surface area contributed by atoms with Crippen molar-refractivity contribution in [2.24, 2.45) is 0 Å². The largest absolute Gasteiger partial charge is 0.462 e. The van der Waals surface area contributed by atoms with Gasteiger partial charge in [-0.25, -0.2) is 4.79 Å². The molecule has 0 spiro atoms. The van der Waals surface area contributed by atoms with Crippen molar-refractivity contribution < 1.29 is 14.3 Å². The molecule has 1 aromatic rings. The van der Waals surface area contributed by atoms with E-state index in [1.807, 2.05) is 13.8 Å². The highest BCUT2D eigenvalue weighted by Gasteiger charge is 2.20. The highest BCUT2D eigenvalue weighted by atomic mass is 16.5. The number of nitrogens with zero attached hydrogens (tertiary/aromatic N) is 1. The Morgan fingerprint density at radius 2 is 1.93 bits per heavy atom. The Kier molecular flexibility index (Phi) is 8.35. The summed E-state index contributed by atoms with van der Waals surface area (Å²) in [4.78, 5) is 29.8. The lowest BCUT2D eigenvalue weighted by molar-refractivity contribution is -0.121. The van der Waals surface area contributed by atoms with E-state index in [1.54, 1.807) is 6.92 Å². The van der Waals surface area contributed by atoms with Gasteiger partial charge in [-0.15, -0.1) is 0 Å². The summed E-state index contributed by atoms with van der Waals surface area (Å²) < 4.78 is 5.11. The average molecular weight is 378 g/mol. The van der Waals surface area contributed by atoms with Crippen LogP contribution in [0.15, 0.2) is 0 Å². The molecule has 6 heteroatoms. The van der Waals surface area contributed by atoms with Crippen LogP contribution in [0, 0.1) is 13.8 Å². The zero-order valence-corrected chi connectivity index (χ0v) is 17.3. The molecule has 0 aromatic carbocycles. The molecule has 0 radical (unpaired) electrons. The molecule has 0 aliphatic heterocycles. The minimum Gasteiger partial charge on any atom is -0.462 e. The monoisotopic (exact) mass is 377 g/mol. The van der Waals surface area contributed by atoms with E-state index in [0.29, 0.717) is 37.6 Å². The number of likely N-dealkylation sites (N-methyl/N-ethyl adjacent to an activating group) is 1. The number of esters is 1. The van der Waals surface area contributed by atoms with Crippen LogP contribution in [0.25, 0.3) is 0 Å². The van der Waals surface area contributed by atoms with Gasteiger partial charge in [-0.3, -0.25) is 4.79 Å². The number of rotatable bonds is 9. The molecule has 0 saturated heterocycles. The van der Waals surface area contributed by atoms with Gasteiger partial charge in [0, 0.05) is 36.9 Å². The third-order valence-corrected chi connectivity index (χ3v) is 5.61. The van der Waals surface area contributed by atoms with Crippen molar-refractivity contribution in [1.29, 1.82) is 0 Å². The molecular weight excluding hydrogens is 342 g/mol. The first-order valence-electron chi connectivity index (χ1n) is 10.3. The Hall–Kier alpha value is -1.82. The fraction of sp³-hybridized carbons (Fsp3) is 0.714. The molecule has 2 N–H and O–H groups in total. The van der Waals surface area contributed by atoms with Crippen LogP contribution in [-0.2, 0) is 16.0 Å². The molecule has 152 valence electrons. The van der Waals surface area contributed by atoms with Gasteiger partial charge in [0.15, 0.2) is 0 Å². The molecule has 1 aromatic heterocycles. The molecule has 1 fully saturated rings. The number of nitrogens with one attached hydrogen (secondary N) is 2. The van der Waals surface area contributed by atoms with Crippen LogP contribution < -0.4 is 5.32 Å². The third-order valence-electron chi connectivity index (χ3n) is 5.61. The number of ether oxygens (including phenoxy) is 1. The van der Waals surface area contributed by atoms with Gasteiger partial charge >= 0.3 is 5.97 Å². The number of hydrogen-bond donors (Lipinski definition) is 2. The second-order valence-electron chi connectivity index (χ2n) is 7.57. The van der Waals surface area contributed by atoms with Gasteiger partial charge in [0.2, 0.25) is 5.91 Å². The SMILES string of the molecule is CCOC(=O)c1c(C)[nH]c(CCC(=O)NCCN(C)C2CCCCC2)c1C. The second-order valence-corrected chi connectivity index (χ2v) is 7.57. The highest BCUT2D eigenvalue weighted by molar-refractivity contribution is 5.92. The van der Waals surface area contributed by atoms with Crippen LogP contribution in [0.5, 0.6) is 0 Å². The van der Waals surface area contributed by atoms with E-state index in [-0.39, 0.29) is 11.9 Å². The zero-order chi connectivity index (χ0) is 19.8. The maximum atomic E-state index is 12.2. The molecule has 1 amide bonds.